The summed E-state index contributed by atoms with van der Waals surface area (Å²) in [5.74, 6) is -2.17. The van der Waals surface area contributed by atoms with E-state index in [9.17, 15) is 26.7 Å². The Kier molecular flexibility index (Phi) is 7.61. The van der Waals surface area contributed by atoms with Crippen molar-refractivity contribution in [2.24, 2.45) is 0 Å². The zero-order valence-corrected chi connectivity index (χ0v) is 14.8. The van der Waals surface area contributed by atoms with E-state index in [1.807, 2.05) is 0 Å². The number of alkyl halides is 3. The fourth-order valence-electron chi connectivity index (χ4n) is 2.01. The van der Waals surface area contributed by atoms with Crippen molar-refractivity contribution in [2.45, 2.75) is 24.2 Å². The molecule has 9 heteroatoms. The quantitative estimate of drug-likeness (QED) is 0.521. The molecular weight excluding hydrogens is 389 g/mol. The molecule has 146 valence electrons. The van der Waals surface area contributed by atoms with E-state index in [1.54, 1.807) is 24.3 Å². The topological polar surface area (TPSA) is 38.3 Å². The van der Waals surface area contributed by atoms with Crippen LogP contribution < -0.4 is 5.32 Å². The fraction of sp³-hybridized carbons (Fsp3) is 0.278. The van der Waals surface area contributed by atoms with Gasteiger partial charge < -0.3 is 10.1 Å². The first kappa shape index (κ1) is 21.2. The Morgan fingerprint density at radius 1 is 1.00 bits per heavy atom. The maximum absolute atomic E-state index is 13.1. The monoisotopic (exact) mass is 405 g/mol. The van der Waals surface area contributed by atoms with Gasteiger partial charge in [0, 0.05) is 11.4 Å². The first-order valence-electron chi connectivity index (χ1n) is 7.80. The molecule has 2 rings (SSSR count). The van der Waals surface area contributed by atoms with Crippen molar-refractivity contribution in [1.82, 2.24) is 5.32 Å². The number of thioether (sulfide) groups is 1. The van der Waals surface area contributed by atoms with Gasteiger partial charge in [-0.05, 0) is 29.3 Å². The van der Waals surface area contributed by atoms with Gasteiger partial charge in [0.25, 0.3) is 0 Å². The smallest absolute Gasteiger partial charge is 0.367 e. The Morgan fingerprint density at radius 3 is 2.30 bits per heavy atom. The van der Waals surface area contributed by atoms with Crippen molar-refractivity contribution in [2.75, 3.05) is 12.4 Å². The maximum Gasteiger partial charge on any atom is 0.411 e. The molecule has 0 spiro atoms. The average Bonchev–Trinajstić information content (AvgIpc) is 2.61. The average molecular weight is 405 g/mol. The SMILES string of the molecule is O=C(CSc1ccc(F)c(F)c1)NCc1ccc(COCC(F)(F)F)cc1. The standard InChI is InChI=1S/C18H16F5NO2S/c19-15-6-5-14(7-16(15)20)27-10-17(25)24-8-12-1-3-13(4-2-12)9-26-11-18(21,22)23/h1-7H,8-11H2,(H,24,25). The maximum atomic E-state index is 13.1. The lowest BCUT2D eigenvalue weighted by Crippen LogP contribution is -2.24. The number of ether oxygens (including phenoxy) is 1. The largest absolute Gasteiger partial charge is 0.411 e. The highest BCUT2D eigenvalue weighted by atomic mass is 32.2. The number of halogens is 5. The first-order chi connectivity index (χ1) is 12.7. The molecule has 1 amide bonds. The molecule has 0 fully saturated rings. The van der Waals surface area contributed by atoms with Crippen LogP contribution >= 0.6 is 11.8 Å². The lowest BCUT2D eigenvalue weighted by molar-refractivity contribution is -0.176. The van der Waals surface area contributed by atoms with E-state index >= 15 is 0 Å². The summed E-state index contributed by atoms with van der Waals surface area (Å²) in [5, 5.41) is 2.67. The van der Waals surface area contributed by atoms with E-state index in [4.69, 9.17) is 0 Å². The summed E-state index contributed by atoms with van der Waals surface area (Å²) in [4.78, 5) is 12.3. The minimum Gasteiger partial charge on any atom is -0.367 e. The van der Waals surface area contributed by atoms with Crippen molar-refractivity contribution in [1.29, 1.82) is 0 Å². The summed E-state index contributed by atoms with van der Waals surface area (Å²) in [6.45, 7) is -1.22. The molecule has 2 aromatic carbocycles. The Hall–Kier alpha value is -2.13. The summed E-state index contributed by atoms with van der Waals surface area (Å²) in [5.41, 5.74) is 1.35. The summed E-state index contributed by atoms with van der Waals surface area (Å²) < 4.78 is 66.5. The molecule has 0 aliphatic heterocycles. The summed E-state index contributed by atoms with van der Waals surface area (Å²) in [6.07, 6.45) is -4.36. The van der Waals surface area contributed by atoms with Crippen LogP contribution in [-0.4, -0.2) is 24.4 Å². The van der Waals surface area contributed by atoms with E-state index in [2.05, 4.69) is 10.1 Å². The lowest BCUT2D eigenvalue weighted by atomic mass is 10.1. The minimum absolute atomic E-state index is 0.0361. The van der Waals surface area contributed by atoms with Crippen molar-refractivity contribution >= 4 is 17.7 Å². The molecule has 0 unspecified atom stereocenters. The second-order valence-electron chi connectivity index (χ2n) is 5.57. The third kappa shape index (κ3) is 7.96. The highest BCUT2D eigenvalue weighted by molar-refractivity contribution is 8.00. The van der Waals surface area contributed by atoms with Gasteiger partial charge in [-0.15, -0.1) is 11.8 Å². The normalized spacial score (nSPS) is 11.4. The molecule has 3 nitrogen and oxygen atoms in total. The number of carbonyl (C=O) groups excluding carboxylic acids is 1. The second kappa shape index (κ2) is 9.70. The van der Waals surface area contributed by atoms with Gasteiger partial charge in [0.15, 0.2) is 11.6 Å². The fourth-order valence-corrected chi connectivity index (χ4v) is 2.76. The predicted octanol–water partition coefficient (Wildman–Crippen LogP) is 4.45. The summed E-state index contributed by atoms with van der Waals surface area (Å²) >= 11 is 1.07. The van der Waals surface area contributed by atoms with E-state index in [-0.39, 0.29) is 24.8 Å². The van der Waals surface area contributed by atoms with Gasteiger partial charge in [0.2, 0.25) is 5.91 Å². The van der Waals surface area contributed by atoms with Crippen LogP contribution in [0, 0.1) is 11.6 Å². The summed E-state index contributed by atoms with van der Waals surface area (Å²) in [7, 11) is 0. The lowest BCUT2D eigenvalue weighted by Gasteiger charge is -2.09. The zero-order valence-electron chi connectivity index (χ0n) is 14.0. The van der Waals surface area contributed by atoms with Gasteiger partial charge in [0.05, 0.1) is 12.4 Å². The molecule has 0 aliphatic rings. The molecule has 0 bridgehead atoms. The minimum atomic E-state index is -4.36. The van der Waals surface area contributed by atoms with Gasteiger partial charge >= 0.3 is 6.18 Å². The molecule has 27 heavy (non-hydrogen) atoms. The molecule has 1 N–H and O–H groups in total. The molecular formula is C18H16F5NO2S. The highest BCUT2D eigenvalue weighted by Gasteiger charge is 2.27. The zero-order chi connectivity index (χ0) is 19.9. The number of hydrogen-bond donors (Lipinski definition) is 1. The van der Waals surface area contributed by atoms with E-state index in [0.717, 1.165) is 29.5 Å². The Balaban J connectivity index is 1.72. The third-order valence-corrected chi connectivity index (χ3v) is 4.30. The molecule has 0 saturated heterocycles. The number of hydrogen-bond acceptors (Lipinski definition) is 3. The van der Waals surface area contributed by atoms with Crippen molar-refractivity contribution in [3.63, 3.8) is 0 Å². The van der Waals surface area contributed by atoms with Crippen molar-refractivity contribution in [3.8, 4) is 0 Å². The molecule has 2 aromatic rings. The van der Waals surface area contributed by atoms with Crippen LogP contribution in [0.2, 0.25) is 0 Å². The van der Waals surface area contributed by atoms with E-state index in [0.29, 0.717) is 10.5 Å². The van der Waals surface area contributed by atoms with Crippen LogP contribution in [0.5, 0.6) is 0 Å². The second-order valence-corrected chi connectivity index (χ2v) is 6.61. The number of benzene rings is 2. The Morgan fingerprint density at radius 2 is 1.67 bits per heavy atom. The molecule has 0 aliphatic carbocycles. The van der Waals surface area contributed by atoms with Crippen LogP contribution in [-0.2, 0) is 22.7 Å². The van der Waals surface area contributed by atoms with Gasteiger partial charge in [-0.25, -0.2) is 8.78 Å². The van der Waals surface area contributed by atoms with Gasteiger partial charge in [-0.3, -0.25) is 4.79 Å². The highest BCUT2D eigenvalue weighted by Crippen LogP contribution is 2.20. The predicted molar refractivity (Wildman–Crippen MR) is 91.1 cm³/mol. The molecule has 0 saturated carbocycles. The molecule has 0 aromatic heterocycles. The number of rotatable bonds is 8. The van der Waals surface area contributed by atoms with Crippen LogP contribution in [0.1, 0.15) is 11.1 Å². The first-order valence-corrected chi connectivity index (χ1v) is 8.78. The van der Waals surface area contributed by atoms with Crippen molar-refractivity contribution < 1.29 is 31.5 Å². The van der Waals surface area contributed by atoms with Crippen LogP contribution in [0.4, 0.5) is 22.0 Å². The van der Waals surface area contributed by atoms with Gasteiger partial charge in [0.1, 0.15) is 6.61 Å². The van der Waals surface area contributed by atoms with E-state index < -0.39 is 24.4 Å². The van der Waals surface area contributed by atoms with Crippen LogP contribution in [0.15, 0.2) is 47.4 Å². The number of amides is 1. The van der Waals surface area contributed by atoms with Gasteiger partial charge in [-0.2, -0.15) is 13.2 Å². The Labute approximate surface area is 156 Å². The molecule has 0 atom stereocenters. The van der Waals surface area contributed by atoms with Crippen LogP contribution in [0.25, 0.3) is 0 Å². The molecule has 0 radical (unpaired) electrons. The summed E-state index contributed by atoms with van der Waals surface area (Å²) in [6, 6.07) is 9.99. The number of nitrogens with one attached hydrogen (secondary N) is 1. The Bertz CT molecular complexity index is 765. The third-order valence-electron chi connectivity index (χ3n) is 3.31. The van der Waals surface area contributed by atoms with E-state index in [1.165, 1.54) is 6.07 Å². The molecule has 0 heterocycles. The van der Waals surface area contributed by atoms with Gasteiger partial charge in [-0.1, -0.05) is 24.3 Å². The van der Waals surface area contributed by atoms with Crippen LogP contribution in [0.3, 0.4) is 0 Å². The number of carbonyl (C=O) groups is 1. The van der Waals surface area contributed by atoms with Crippen molar-refractivity contribution in [3.05, 3.63) is 65.2 Å².